The van der Waals surface area contributed by atoms with E-state index >= 15 is 0 Å². The highest BCUT2D eigenvalue weighted by Gasteiger charge is 2.19. The van der Waals surface area contributed by atoms with E-state index < -0.39 is 6.10 Å². The van der Waals surface area contributed by atoms with Gasteiger partial charge in [-0.05, 0) is 154 Å². The van der Waals surface area contributed by atoms with Gasteiger partial charge >= 0.3 is 17.9 Å². The van der Waals surface area contributed by atoms with Crippen molar-refractivity contribution in [2.24, 2.45) is 0 Å². The normalized spacial score (nSPS) is 13.2. The van der Waals surface area contributed by atoms with E-state index in [0.717, 1.165) is 173 Å². The first kappa shape index (κ1) is 77.8. The van der Waals surface area contributed by atoms with Crippen molar-refractivity contribution in [2.45, 2.75) is 284 Å². The number of hydrogen-bond acceptors (Lipinski definition) is 6. The summed E-state index contributed by atoms with van der Waals surface area (Å²) in [6.07, 6.45) is 102. The second kappa shape index (κ2) is 69.3. The molecule has 0 saturated heterocycles. The number of rotatable bonds is 59. The van der Waals surface area contributed by atoms with Crippen LogP contribution in [0.3, 0.4) is 0 Å². The minimum Gasteiger partial charge on any atom is -0.462 e. The Kier molecular flexibility index (Phi) is 64.9. The van der Waals surface area contributed by atoms with Crippen molar-refractivity contribution >= 4 is 17.9 Å². The van der Waals surface area contributed by atoms with Crippen LogP contribution in [-0.2, 0) is 28.6 Å². The first-order valence-corrected chi connectivity index (χ1v) is 33.6. The summed E-state index contributed by atoms with van der Waals surface area (Å²) in [7, 11) is 0. The highest BCUT2D eigenvalue weighted by atomic mass is 16.6. The highest BCUT2D eigenvalue weighted by Crippen LogP contribution is 2.14. The average molecular weight is 1140 g/mol. The molecule has 0 aromatic heterocycles. The smallest absolute Gasteiger partial charge is 0.306 e. The summed E-state index contributed by atoms with van der Waals surface area (Å²) in [6.45, 7) is 6.41. The number of carbonyl (C=O) groups excluding carboxylic acids is 3. The van der Waals surface area contributed by atoms with E-state index in [-0.39, 0.29) is 31.1 Å². The van der Waals surface area contributed by atoms with E-state index in [0.29, 0.717) is 19.3 Å². The third-order valence-corrected chi connectivity index (χ3v) is 13.7. The predicted molar refractivity (Wildman–Crippen MR) is 361 cm³/mol. The first-order chi connectivity index (χ1) is 41.0. The van der Waals surface area contributed by atoms with Crippen LogP contribution in [-0.4, -0.2) is 37.2 Å². The van der Waals surface area contributed by atoms with Crippen molar-refractivity contribution in [2.75, 3.05) is 13.2 Å². The van der Waals surface area contributed by atoms with Crippen LogP contribution in [0.1, 0.15) is 278 Å². The third-order valence-electron chi connectivity index (χ3n) is 13.7. The quantitative estimate of drug-likeness (QED) is 0.0261. The minimum absolute atomic E-state index is 0.102. The molecule has 0 fully saturated rings. The Hall–Kier alpha value is -5.23. The molecule has 0 aromatic carbocycles. The summed E-state index contributed by atoms with van der Waals surface area (Å²) in [5, 5.41) is 0. The number of unbranched alkanes of at least 4 members (excludes halogenated alkanes) is 20. The van der Waals surface area contributed by atoms with Crippen LogP contribution in [0.4, 0.5) is 0 Å². The zero-order valence-corrected chi connectivity index (χ0v) is 53.4. The zero-order chi connectivity index (χ0) is 59.9. The summed E-state index contributed by atoms with van der Waals surface area (Å²) in [4.78, 5) is 38.3. The van der Waals surface area contributed by atoms with E-state index in [4.69, 9.17) is 14.2 Å². The van der Waals surface area contributed by atoms with Gasteiger partial charge in [0, 0.05) is 19.3 Å². The van der Waals surface area contributed by atoms with Crippen LogP contribution < -0.4 is 0 Å². The molecule has 0 N–H and O–H groups in total. The van der Waals surface area contributed by atoms with E-state index in [1.54, 1.807) is 0 Å². The number of ether oxygens (including phenoxy) is 3. The molecule has 6 nitrogen and oxygen atoms in total. The summed E-state index contributed by atoms with van der Waals surface area (Å²) in [5.74, 6) is -0.954. The summed E-state index contributed by atoms with van der Waals surface area (Å²) >= 11 is 0. The van der Waals surface area contributed by atoms with Crippen LogP contribution in [0.5, 0.6) is 0 Å². The van der Waals surface area contributed by atoms with Gasteiger partial charge in [0.25, 0.3) is 0 Å². The van der Waals surface area contributed by atoms with Gasteiger partial charge in [0.15, 0.2) is 6.10 Å². The number of esters is 3. The fourth-order valence-electron chi connectivity index (χ4n) is 8.63. The van der Waals surface area contributed by atoms with Crippen molar-refractivity contribution in [1.29, 1.82) is 0 Å². The monoisotopic (exact) mass is 1140 g/mol. The molecule has 0 radical (unpaired) electrons. The van der Waals surface area contributed by atoms with Crippen LogP contribution >= 0.6 is 0 Å². The van der Waals surface area contributed by atoms with Gasteiger partial charge in [-0.1, -0.05) is 274 Å². The topological polar surface area (TPSA) is 78.9 Å². The molecule has 0 rings (SSSR count). The summed E-state index contributed by atoms with van der Waals surface area (Å²) < 4.78 is 16.9. The largest absolute Gasteiger partial charge is 0.462 e. The van der Waals surface area contributed by atoms with Crippen molar-refractivity contribution in [3.63, 3.8) is 0 Å². The lowest BCUT2D eigenvalue weighted by Gasteiger charge is -2.18. The Balaban J connectivity index is 4.34. The maximum Gasteiger partial charge on any atom is 0.306 e. The SMILES string of the molecule is CC/C=C\C/C=C\C/C=C\C/C=C\C/C=C\C/C=C\C/C=C\C/C=C\C/C=C\C/C=C\CCCCCCC(=O)OCC(COC(=O)CCCCCCC/C=C\CCCC)OC(=O)CCCCCCCC/C=C\C/C=C\C/C=C\CCCCC. The molecule has 1 atom stereocenters. The van der Waals surface area contributed by atoms with Gasteiger partial charge < -0.3 is 14.2 Å². The molecule has 0 aliphatic carbocycles. The van der Waals surface area contributed by atoms with Crippen LogP contribution in [0.2, 0.25) is 0 Å². The van der Waals surface area contributed by atoms with Crippen molar-refractivity contribution in [3.8, 4) is 0 Å². The maximum atomic E-state index is 12.9. The average Bonchev–Trinajstić information content (AvgIpc) is 3.48. The van der Waals surface area contributed by atoms with Crippen molar-refractivity contribution in [3.05, 3.63) is 170 Å². The molecule has 0 saturated carbocycles. The second-order valence-electron chi connectivity index (χ2n) is 21.6. The first-order valence-electron chi connectivity index (χ1n) is 33.6. The molecule has 0 aliphatic rings. The van der Waals surface area contributed by atoms with Gasteiger partial charge in [-0.3, -0.25) is 14.4 Å². The van der Waals surface area contributed by atoms with Gasteiger partial charge in [0.05, 0.1) is 0 Å². The third kappa shape index (κ3) is 67.4. The van der Waals surface area contributed by atoms with Gasteiger partial charge in [-0.2, -0.15) is 0 Å². The molecule has 466 valence electrons. The van der Waals surface area contributed by atoms with Gasteiger partial charge in [0.2, 0.25) is 0 Å². The Labute approximate surface area is 511 Å². The molecular weight excluding hydrogens is 1020 g/mol. The molecule has 0 aliphatic heterocycles. The van der Waals surface area contributed by atoms with E-state index in [1.165, 1.54) is 64.2 Å². The van der Waals surface area contributed by atoms with Crippen molar-refractivity contribution in [1.82, 2.24) is 0 Å². The number of hydrogen-bond donors (Lipinski definition) is 0. The predicted octanol–water partition coefficient (Wildman–Crippen LogP) is 23.4. The molecule has 0 bridgehead atoms. The Bertz CT molecular complexity index is 1890. The molecule has 0 spiro atoms. The van der Waals surface area contributed by atoms with Crippen molar-refractivity contribution < 1.29 is 28.6 Å². The number of allylic oxidation sites excluding steroid dienone is 28. The molecule has 0 amide bonds. The standard InChI is InChI=1S/C77H122O6/c1-4-7-10-13-16-19-22-24-26-28-30-31-32-33-34-35-36-37-38-39-40-41-42-43-44-45-47-48-50-52-55-58-61-64-67-70-76(79)82-73-74(72-81-75(78)69-66-63-60-57-54-21-18-15-12-9-6-3)83-77(80)71-68-65-62-59-56-53-51-49-46-29-27-25-23-20-17-14-11-8-5-2/h7,10,15-20,24-27,30-31,33-34,36-37,39-40,42-43,45-47,49-50,52,74H,4-6,8-9,11-14,21-23,28-29,32,35,38,41,44,48,51,53-73H2,1-3H3/b10-7-,18-15-,19-16-,20-17-,26-24-,27-25-,31-30-,34-33-,37-36-,40-39-,43-42-,47-45-,49-46-,52-50-. The van der Waals surface area contributed by atoms with Gasteiger partial charge in [-0.25, -0.2) is 0 Å². The lowest BCUT2D eigenvalue weighted by molar-refractivity contribution is -0.167. The molecule has 1 unspecified atom stereocenters. The lowest BCUT2D eigenvalue weighted by atomic mass is 10.1. The Morgan fingerprint density at radius 3 is 0.783 bits per heavy atom. The van der Waals surface area contributed by atoms with Crippen LogP contribution in [0, 0.1) is 0 Å². The van der Waals surface area contributed by atoms with E-state index in [9.17, 15) is 14.4 Å². The number of carbonyl (C=O) groups is 3. The van der Waals surface area contributed by atoms with Gasteiger partial charge in [0.1, 0.15) is 13.2 Å². The van der Waals surface area contributed by atoms with Crippen LogP contribution in [0.25, 0.3) is 0 Å². The zero-order valence-electron chi connectivity index (χ0n) is 53.4. The molecule has 83 heavy (non-hydrogen) atoms. The molecule has 6 heteroatoms. The fourth-order valence-corrected chi connectivity index (χ4v) is 8.63. The Morgan fingerprint density at radius 1 is 0.253 bits per heavy atom. The van der Waals surface area contributed by atoms with E-state index in [2.05, 4.69) is 191 Å². The van der Waals surface area contributed by atoms with Crippen LogP contribution in [0.15, 0.2) is 170 Å². The highest BCUT2D eigenvalue weighted by molar-refractivity contribution is 5.71. The Morgan fingerprint density at radius 2 is 0.482 bits per heavy atom. The summed E-state index contributed by atoms with van der Waals surface area (Å²) in [6, 6.07) is 0. The molecular formula is C77H122O6. The maximum absolute atomic E-state index is 12.9. The molecule has 0 aromatic rings. The molecule has 0 heterocycles. The summed E-state index contributed by atoms with van der Waals surface area (Å²) in [5.41, 5.74) is 0. The second-order valence-corrected chi connectivity index (χ2v) is 21.6. The van der Waals surface area contributed by atoms with E-state index in [1.807, 2.05) is 0 Å². The fraction of sp³-hybridized carbons (Fsp3) is 0.597. The lowest BCUT2D eigenvalue weighted by Crippen LogP contribution is -2.30. The van der Waals surface area contributed by atoms with Gasteiger partial charge in [-0.15, -0.1) is 0 Å². The minimum atomic E-state index is -0.808.